The van der Waals surface area contributed by atoms with Crippen LogP contribution in [0.15, 0.2) is 12.2 Å². The lowest BCUT2D eigenvalue weighted by Crippen LogP contribution is -1.88. The van der Waals surface area contributed by atoms with Crippen molar-refractivity contribution in [1.29, 1.82) is 0 Å². The summed E-state index contributed by atoms with van der Waals surface area (Å²) in [6.07, 6.45) is 8.21. The van der Waals surface area contributed by atoms with Crippen molar-refractivity contribution in [2.45, 2.75) is 33.1 Å². The van der Waals surface area contributed by atoms with E-state index >= 15 is 0 Å². The Morgan fingerprint density at radius 1 is 1.50 bits per heavy atom. The average molecular weight is 161 g/mol. The molecule has 1 atom stereocenters. The van der Waals surface area contributed by atoms with E-state index in [2.05, 4.69) is 26.0 Å². The predicted octanol–water partition coefficient (Wildman–Crippen LogP) is 3.61. The molecule has 0 aromatic rings. The summed E-state index contributed by atoms with van der Waals surface area (Å²) in [6, 6.07) is 0. The lowest BCUT2D eigenvalue weighted by molar-refractivity contribution is 0.792. The van der Waals surface area contributed by atoms with Crippen LogP contribution < -0.4 is 0 Å². The zero-order chi connectivity index (χ0) is 7.82. The molecule has 0 aliphatic carbocycles. The number of halogens is 1. The molecule has 0 fully saturated rings. The summed E-state index contributed by atoms with van der Waals surface area (Å²) in [6.45, 7) is 4.34. The Morgan fingerprint density at radius 2 is 2.20 bits per heavy atom. The van der Waals surface area contributed by atoms with Crippen molar-refractivity contribution in [3.63, 3.8) is 0 Å². The highest BCUT2D eigenvalue weighted by molar-refractivity contribution is 6.18. The molecule has 0 saturated carbocycles. The van der Waals surface area contributed by atoms with Crippen molar-refractivity contribution in [1.82, 2.24) is 0 Å². The third-order valence-corrected chi connectivity index (χ3v) is 1.92. The molecule has 0 heterocycles. The molecule has 0 aliphatic rings. The summed E-state index contributed by atoms with van der Waals surface area (Å²) < 4.78 is 0. The summed E-state index contributed by atoms with van der Waals surface area (Å²) in [5.74, 6) is 1.28. The molecule has 1 unspecified atom stereocenters. The molecule has 1 heteroatoms. The number of rotatable bonds is 5. The monoisotopic (exact) mass is 160 g/mol. The van der Waals surface area contributed by atoms with E-state index in [0.29, 0.717) is 5.92 Å². The SMILES string of the molecule is CCCC/C=C/C(C)CCl. The number of unbranched alkanes of at least 4 members (excludes halogenated alkanes) is 2. The topological polar surface area (TPSA) is 0 Å². The maximum absolute atomic E-state index is 5.61. The quantitative estimate of drug-likeness (QED) is 0.328. The van der Waals surface area contributed by atoms with Crippen LogP contribution in [0.25, 0.3) is 0 Å². The van der Waals surface area contributed by atoms with Crippen LogP contribution in [-0.4, -0.2) is 5.88 Å². The van der Waals surface area contributed by atoms with E-state index in [1.54, 1.807) is 0 Å². The van der Waals surface area contributed by atoms with Crippen molar-refractivity contribution in [3.8, 4) is 0 Å². The summed E-state index contributed by atoms with van der Waals surface area (Å²) in [5, 5.41) is 0. The van der Waals surface area contributed by atoms with Crippen molar-refractivity contribution >= 4 is 11.6 Å². The summed E-state index contributed by atoms with van der Waals surface area (Å²) in [5.41, 5.74) is 0. The smallest absolute Gasteiger partial charge is 0.0283 e. The fourth-order valence-corrected chi connectivity index (χ4v) is 0.805. The molecule has 0 amide bonds. The Labute approximate surface area is 69.3 Å². The van der Waals surface area contributed by atoms with Crippen molar-refractivity contribution in [2.24, 2.45) is 5.92 Å². The molecule has 0 aliphatic heterocycles. The number of hydrogen-bond donors (Lipinski definition) is 0. The first-order chi connectivity index (χ1) is 4.81. The van der Waals surface area contributed by atoms with Crippen molar-refractivity contribution in [3.05, 3.63) is 12.2 Å². The van der Waals surface area contributed by atoms with Crippen LogP contribution in [0.2, 0.25) is 0 Å². The first kappa shape index (κ1) is 10.0. The molecule has 0 radical (unpaired) electrons. The van der Waals surface area contributed by atoms with Crippen LogP contribution in [-0.2, 0) is 0 Å². The van der Waals surface area contributed by atoms with Gasteiger partial charge in [-0.05, 0) is 12.3 Å². The van der Waals surface area contributed by atoms with Gasteiger partial charge in [0, 0.05) is 5.88 Å². The second-order valence-corrected chi connectivity index (χ2v) is 3.01. The Kier molecular flexibility index (Phi) is 7.16. The first-order valence-electron chi connectivity index (χ1n) is 4.03. The molecule has 0 saturated heterocycles. The highest BCUT2D eigenvalue weighted by atomic mass is 35.5. The molecule has 0 spiro atoms. The number of hydrogen-bond acceptors (Lipinski definition) is 0. The van der Waals surface area contributed by atoms with Crippen LogP contribution in [0.1, 0.15) is 33.1 Å². The largest absolute Gasteiger partial charge is 0.126 e. The second-order valence-electron chi connectivity index (χ2n) is 2.70. The van der Waals surface area contributed by atoms with Gasteiger partial charge in [0.25, 0.3) is 0 Å². The van der Waals surface area contributed by atoms with Crippen LogP contribution in [0.4, 0.5) is 0 Å². The Balaban J connectivity index is 3.18. The van der Waals surface area contributed by atoms with Gasteiger partial charge in [0.2, 0.25) is 0 Å². The Bertz CT molecular complexity index is 86.7. The summed E-state index contributed by atoms with van der Waals surface area (Å²) >= 11 is 5.61. The van der Waals surface area contributed by atoms with Gasteiger partial charge in [0.1, 0.15) is 0 Å². The first-order valence-corrected chi connectivity index (χ1v) is 4.57. The van der Waals surface area contributed by atoms with Gasteiger partial charge in [-0.3, -0.25) is 0 Å². The highest BCUT2D eigenvalue weighted by Gasteiger charge is 1.90. The van der Waals surface area contributed by atoms with Crippen LogP contribution in [0.5, 0.6) is 0 Å². The van der Waals surface area contributed by atoms with Gasteiger partial charge < -0.3 is 0 Å². The van der Waals surface area contributed by atoms with Crippen molar-refractivity contribution < 1.29 is 0 Å². The normalized spacial score (nSPS) is 14.3. The molecule has 0 aromatic carbocycles. The molecule has 0 nitrogen and oxygen atoms in total. The minimum atomic E-state index is 0.540. The van der Waals surface area contributed by atoms with Gasteiger partial charge >= 0.3 is 0 Å². The van der Waals surface area contributed by atoms with E-state index in [-0.39, 0.29) is 0 Å². The highest BCUT2D eigenvalue weighted by Crippen LogP contribution is 2.02. The molecule has 60 valence electrons. The maximum Gasteiger partial charge on any atom is 0.0283 e. The van der Waals surface area contributed by atoms with Gasteiger partial charge in [-0.1, -0.05) is 38.8 Å². The van der Waals surface area contributed by atoms with Crippen molar-refractivity contribution in [2.75, 3.05) is 5.88 Å². The predicted molar refractivity (Wildman–Crippen MR) is 48.5 cm³/mol. The maximum atomic E-state index is 5.61. The van der Waals surface area contributed by atoms with Gasteiger partial charge in [0.15, 0.2) is 0 Å². The molecular weight excluding hydrogens is 144 g/mol. The zero-order valence-corrected chi connectivity index (χ0v) is 7.69. The Morgan fingerprint density at radius 3 is 2.70 bits per heavy atom. The number of allylic oxidation sites excluding steroid dienone is 2. The molecule has 10 heavy (non-hydrogen) atoms. The van der Waals surface area contributed by atoms with E-state index in [9.17, 15) is 0 Å². The van der Waals surface area contributed by atoms with Crippen LogP contribution in [0, 0.1) is 5.92 Å². The van der Waals surface area contributed by atoms with Gasteiger partial charge in [-0.15, -0.1) is 11.6 Å². The van der Waals surface area contributed by atoms with Crippen LogP contribution >= 0.6 is 11.6 Å². The minimum Gasteiger partial charge on any atom is -0.126 e. The zero-order valence-electron chi connectivity index (χ0n) is 6.94. The van der Waals surface area contributed by atoms with Gasteiger partial charge in [-0.25, -0.2) is 0 Å². The van der Waals surface area contributed by atoms with E-state index in [4.69, 9.17) is 11.6 Å². The van der Waals surface area contributed by atoms with Gasteiger partial charge in [-0.2, -0.15) is 0 Å². The molecule has 0 N–H and O–H groups in total. The van der Waals surface area contributed by atoms with Crippen LogP contribution in [0.3, 0.4) is 0 Å². The molecule has 0 rings (SSSR count). The average Bonchev–Trinajstić information content (AvgIpc) is 1.98. The van der Waals surface area contributed by atoms with E-state index in [1.165, 1.54) is 19.3 Å². The van der Waals surface area contributed by atoms with Gasteiger partial charge in [0.05, 0.1) is 0 Å². The van der Waals surface area contributed by atoms with E-state index in [1.807, 2.05) is 0 Å². The summed E-state index contributed by atoms with van der Waals surface area (Å²) in [4.78, 5) is 0. The third kappa shape index (κ3) is 6.15. The molecule has 0 aromatic heterocycles. The second kappa shape index (κ2) is 7.14. The van der Waals surface area contributed by atoms with E-state index < -0.39 is 0 Å². The molecular formula is C9H17Cl. The fourth-order valence-electron chi connectivity index (χ4n) is 0.702. The standard InChI is InChI=1S/C9H17Cl/c1-3-4-5-6-7-9(2)8-10/h6-7,9H,3-5,8H2,1-2H3/b7-6+. The fraction of sp³-hybridized carbons (Fsp3) is 0.778. The number of alkyl halides is 1. The molecule has 0 bridgehead atoms. The lowest BCUT2D eigenvalue weighted by Gasteiger charge is -1.96. The minimum absolute atomic E-state index is 0.540. The van der Waals surface area contributed by atoms with E-state index in [0.717, 1.165) is 5.88 Å². The lowest BCUT2D eigenvalue weighted by atomic mass is 10.1. The Hall–Kier alpha value is 0.0300. The summed E-state index contributed by atoms with van der Waals surface area (Å²) in [7, 11) is 0. The third-order valence-electron chi connectivity index (χ3n) is 1.43.